The van der Waals surface area contributed by atoms with Crippen LogP contribution in [-0.2, 0) is 9.84 Å². The molecule has 0 saturated carbocycles. The first-order chi connectivity index (χ1) is 7.84. The number of nitrogen functional groups attached to an aromatic ring is 1. The molecule has 1 unspecified atom stereocenters. The van der Waals surface area contributed by atoms with Crippen molar-refractivity contribution < 1.29 is 13.5 Å². The van der Waals surface area contributed by atoms with Gasteiger partial charge in [-0.2, -0.15) is 0 Å². The van der Waals surface area contributed by atoms with Crippen LogP contribution in [0.15, 0.2) is 23.1 Å². The van der Waals surface area contributed by atoms with E-state index in [9.17, 15) is 13.5 Å². The van der Waals surface area contributed by atoms with E-state index >= 15 is 0 Å². The zero-order valence-corrected chi connectivity index (χ0v) is 10.8. The third-order valence-corrected chi connectivity index (χ3v) is 3.56. The number of nitrogens with two attached hydrogens (primary N) is 1. The molecule has 0 spiro atoms. The van der Waals surface area contributed by atoms with E-state index in [1.165, 1.54) is 12.1 Å². The van der Waals surface area contributed by atoms with Crippen LogP contribution in [0, 0.1) is 0 Å². The molecule has 96 valence electrons. The van der Waals surface area contributed by atoms with E-state index in [0.29, 0.717) is 24.3 Å². The average molecular weight is 258 g/mol. The Bertz CT molecular complexity index is 485. The van der Waals surface area contributed by atoms with Gasteiger partial charge in [0.05, 0.1) is 22.4 Å². The van der Waals surface area contributed by atoms with Crippen LogP contribution in [0.4, 0.5) is 11.4 Å². The highest BCUT2D eigenvalue weighted by Gasteiger charge is 2.09. The van der Waals surface area contributed by atoms with Gasteiger partial charge in [0.15, 0.2) is 9.84 Å². The van der Waals surface area contributed by atoms with Crippen LogP contribution in [0.5, 0.6) is 0 Å². The first kappa shape index (κ1) is 13.8. The van der Waals surface area contributed by atoms with Crippen molar-refractivity contribution in [3.8, 4) is 0 Å². The quantitative estimate of drug-likeness (QED) is 0.681. The molecule has 0 aromatic heterocycles. The van der Waals surface area contributed by atoms with E-state index < -0.39 is 15.9 Å². The van der Waals surface area contributed by atoms with Gasteiger partial charge < -0.3 is 16.2 Å². The molecule has 0 aliphatic rings. The average Bonchev–Trinajstić information content (AvgIpc) is 2.25. The number of rotatable bonds is 5. The third-order valence-electron chi connectivity index (χ3n) is 2.45. The highest BCUT2D eigenvalue weighted by atomic mass is 32.2. The molecule has 0 aliphatic carbocycles. The molecule has 4 N–H and O–H groups in total. The number of aliphatic hydroxyl groups is 1. The summed E-state index contributed by atoms with van der Waals surface area (Å²) in [4.78, 5) is 0.191. The Balaban J connectivity index is 2.84. The monoisotopic (exact) mass is 258 g/mol. The van der Waals surface area contributed by atoms with Gasteiger partial charge in [-0.05, 0) is 24.6 Å². The minimum absolute atomic E-state index is 0.191. The van der Waals surface area contributed by atoms with E-state index in [0.717, 1.165) is 6.26 Å². The fourth-order valence-corrected chi connectivity index (χ4v) is 1.96. The Morgan fingerprint density at radius 2 is 2.12 bits per heavy atom. The lowest BCUT2D eigenvalue weighted by Crippen LogP contribution is -2.18. The topological polar surface area (TPSA) is 92.4 Å². The van der Waals surface area contributed by atoms with Crippen LogP contribution in [-0.4, -0.2) is 32.4 Å². The summed E-state index contributed by atoms with van der Waals surface area (Å²) >= 11 is 0. The fraction of sp³-hybridized carbons (Fsp3) is 0.455. The maximum absolute atomic E-state index is 11.3. The zero-order chi connectivity index (χ0) is 13.1. The number of anilines is 2. The smallest absolute Gasteiger partial charge is 0.175 e. The van der Waals surface area contributed by atoms with E-state index in [-0.39, 0.29) is 4.90 Å². The molecule has 0 radical (unpaired) electrons. The van der Waals surface area contributed by atoms with Gasteiger partial charge in [0, 0.05) is 12.8 Å². The number of benzene rings is 1. The van der Waals surface area contributed by atoms with Crippen LogP contribution in [0.1, 0.15) is 13.3 Å². The predicted octanol–water partition coefficient (Wildman–Crippen LogP) is 0.855. The van der Waals surface area contributed by atoms with Crippen LogP contribution >= 0.6 is 0 Å². The predicted molar refractivity (Wildman–Crippen MR) is 68.8 cm³/mol. The molecular weight excluding hydrogens is 240 g/mol. The molecule has 1 atom stereocenters. The largest absolute Gasteiger partial charge is 0.397 e. The van der Waals surface area contributed by atoms with Crippen molar-refractivity contribution in [2.45, 2.75) is 24.3 Å². The number of hydrogen-bond acceptors (Lipinski definition) is 5. The van der Waals surface area contributed by atoms with Gasteiger partial charge in [0.25, 0.3) is 0 Å². The van der Waals surface area contributed by atoms with Crippen molar-refractivity contribution >= 4 is 21.2 Å². The number of hydrogen-bond donors (Lipinski definition) is 3. The number of nitrogens with one attached hydrogen (secondary N) is 1. The molecule has 1 aromatic rings. The van der Waals surface area contributed by atoms with Crippen molar-refractivity contribution in [2.75, 3.05) is 23.9 Å². The maximum atomic E-state index is 11.3. The molecule has 0 saturated heterocycles. The Morgan fingerprint density at radius 1 is 1.47 bits per heavy atom. The van der Waals surface area contributed by atoms with Gasteiger partial charge in [0.2, 0.25) is 0 Å². The Hall–Kier alpha value is -1.27. The summed E-state index contributed by atoms with van der Waals surface area (Å²) in [6.45, 7) is 2.27. The molecule has 5 nitrogen and oxygen atoms in total. The lowest BCUT2D eigenvalue weighted by Gasteiger charge is -2.13. The standard InChI is InChI=1S/C11H18N2O3S/c1-3-8(14)7-13-11-5-4-9(6-10(11)12)17(2,15)16/h4-6,8,13-14H,3,7,12H2,1-2H3. The second-order valence-corrected chi connectivity index (χ2v) is 5.98. The number of aliphatic hydroxyl groups excluding tert-OH is 1. The lowest BCUT2D eigenvalue weighted by molar-refractivity contribution is 0.183. The third kappa shape index (κ3) is 3.90. The zero-order valence-electron chi connectivity index (χ0n) is 9.97. The van der Waals surface area contributed by atoms with Crippen molar-refractivity contribution in [3.05, 3.63) is 18.2 Å². The fourth-order valence-electron chi connectivity index (χ4n) is 1.30. The summed E-state index contributed by atoms with van der Waals surface area (Å²) in [5.74, 6) is 0. The SMILES string of the molecule is CCC(O)CNc1ccc(S(C)(=O)=O)cc1N. The van der Waals surface area contributed by atoms with Gasteiger partial charge in [-0.3, -0.25) is 0 Å². The van der Waals surface area contributed by atoms with Crippen molar-refractivity contribution in [2.24, 2.45) is 0 Å². The second kappa shape index (κ2) is 5.37. The second-order valence-electron chi connectivity index (χ2n) is 3.96. The molecule has 0 bridgehead atoms. The van der Waals surface area contributed by atoms with Crippen LogP contribution in [0.2, 0.25) is 0 Å². The highest BCUT2D eigenvalue weighted by Crippen LogP contribution is 2.22. The van der Waals surface area contributed by atoms with E-state index in [1.54, 1.807) is 6.07 Å². The van der Waals surface area contributed by atoms with Crippen molar-refractivity contribution in [3.63, 3.8) is 0 Å². The molecule has 17 heavy (non-hydrogen) atoms. The molecule has 0 heterocycles. The summed E-state index contributed by atoms with van der Waals surface area (Å²) < 4.78 is 22.6. The van der Waals surface area contributed by atoms with Gasteiger partial charge in [-0.15, -0.1) is 0 Å². The molecule has 0 fully saturated rings. The molecular formula is C11H18N2O3S. The van der Waals surface area contributed by atoms with Gasteiger partial charge in [0.1, 0.15) is 0 Å². The van der Waals surface area contributed by atoms with Crippen LogP contribution in [0.3, 0.4) is 0 Å². The Kier molecular flexibility index (Phi) is 4.36. The Morgan fingerprint density at radius 3 is 2.59 bits per heavy atom. The lowest BCUT2D eigenvalue weighted by atomic mass is 10.2. The molecule has 6 heteroatoms. The van der Waals surface area contributed by atoms with E-state index in [2.05, 4.69) is 5.32 Å². The van der Waals surface area contributed by atoms with E-state index in [1.807, 2.05) is 6.92 Å². The molecule has 1 rings (SSSR count). The van der Waals surface area contributed by atoms with Gasteiger partial charge >= 0.3 is 0 Å². The molecule has 0 aliphatic heterocycles. The highest BCUT2D eigenvalue weighted by molar-refractivity contribution is 7.90. The van der Waals surface area contributed by atoms with Crippen LogP contribution in [0.25, 0.3) is 0 Å². The minimum Gasteiger partial charge on any atom is -0.397 e. The Labute approximate surface area is 102 Å². The van der Waals surface area contributed by atoms with Crippen molar-refractivity contribution in [1.82, 2.24) is 0 Å². The normalized spacial score (nSPS) is 13.4. The minimum atomic E-state index is -3.24. The first-order valence-corrected chi connectivity index (χ1v) is 7.25. The summed E-state index contributed by atoms with van der Waals surface area (Å²) in [5, 5.41) is 12.4. The van der Waals surface area contributed by atoms with E-state index in [4.69, 9.17) is 5.73 Å². The molecule has 1 aromatic carbocycles. The molecule has 0 amide bonds. The summed E-state index contributed by atoms with van der Waals surface area (Å²) in [5.41, 5.74) is 6.72. The maximum Gasteiger partial charge on any atom is 0.175 e. The summed E-state index contributed by atoms with van der Waals surface area (Å²) in [6.07, 6.45) is 1.34. The van der Waals surface area contributed by atoms with Gasteiger partial charge in [-0.1, -0.05) is 6.92 Å². The summed E-state index contributed by atoms with van der Waals surface area (Å²) in [7, 11) is -3.24. The van der Waals surface area contributed by atoms with Crippen LogP contribution < -0.4 is 11.1 Å². The van der Waals surface area contributed by atoms with Crippen molar-refractivity contribution in [1.29, 1.82) is 0 Å². The number of sulfone groups is 1. The summed E-state index contributed by atoms with van der Waals surface area (Å²) in [6, 6.07) is 4.51. The first-order valence-electron chi connectivity index (χ1n) is 5.36. The van der Waals surface area contributed by atoms with Gasteiger partial charge in [-0.25, -0.2) is 8.42 Å².